The standard InChI is InChI=1S/C13H24O3/c1-6-10-9(7-11(14)15)8-12(2,3)16-13(10,4)5/h9-10H,6-8H2,1-5H3,(H,14,15)/p-1. The number of carboxylic acid groups (broad SMARTS) is 1. The molecule has 1 saturated heterocycles. The number of carbonyl (C=O) groups is 1. The summed E-state index contributed by atoms with van der Waals surface area (Å²) in [7, 11) is 0. The molecule has 0 spiro atoms. The molecule has 2 unspecified atom stereocenters. The first-order valence-electron chi connectivity index (χ1n) is 6.08. The molecule has 1 fully saturated rings. The summed E-state index contributed by atoms with van der Waals surface area (Å²) in [6.07, 6.45) is 1.89. The fourth-order valence-corrected chi connectivity index (χ4v) is 3.42. The second-order valence-electron chi connectivity index (χ2n) is 6.02. The Bertz CT molecular complexity index is 268. The van der Waals surface area contributed by atoms with E-state index in [1.807, 2.05) is 13.8 Å². The first kappa shape index (κ1) is 13.5. The van der Waals surface area contributed by atoms with E-state index in [9.17, 15) is 9.90 Å². The predicted octanol–water partition coefficient (Wildman–Crippen LogP) is 1.75. The van der Waals surface area contributed by atoms with Crippen LogP contribution in [0.15, 0.2) is 0 Å². The van der Waals surface area contributed by atoms with E-state index in [2.05, 4.69) is 20.8 Å². The number of rotatable bonds is 3. The molecule has 0 aromatic carbocycles. The Morgan fingerprint density at radius 1 is 1.38 bits per heavy atom. The summed E-state index contributed by atoms with van der Waals surface area (Å²) >= 11 is 0. The van der Waals surface area contributed by atoms with Gasteiger partial charge in [-0.3, -0.25) is 0 Å². The maximum atomic E-state index is 10.8. The second-order valence-corrected chi connectivity index (χ2v) is 6.02. The molecule has 0 amide bonds. The number of carbonyl (C=O) groups excluding carboxylic acids is 1. The van der Waals surface area contributed by atoms with Gasteiger partial charge in [-0.05, 0) is 52.4 Å². The van der Waals surface area contributed by atoms with Crippen molar-refractivity contribution < 1.29 is 14.6 Å². The van der Waals surface area contributed by atoms with Gasteiger partial charge < -0.3 is 14.6 Å². The van der Waals surface area contributed by atoms with Crippen LogP contribution < -0.4 is 5.11 Å². The summed E-state index contributed by atoms with van der Waals surface area (Å²) in [5.41, 5.74) is -0.494. The largest absolute Gasteiger partial charge is 0.550 e. The highest BCUT2D eigenvalue weighted by molar-refractivity contribution is 5.64. The van der Waals surface area contributed by atoms with Gasteiger partial charge in [0, 0.05) is 5.97 Å². The molecule has 3 nitrogen and oxygen atoms in total. The number of aliphatic carboxylic acids is 1. The average molecular weight is 227 g/mol. The molecule has 0 radical (unpaired) electrons. The number of ether oxygens (including phenoxy) is 1. The molecule has 0 aliphatic carbocycles. The van der Waals surface area contributed by atoms with Crippen molar-refractivity contribution in [1.82, 2.24) is 0 Å². The minimum Gasteiger partial charge on any atom is -0.550 e. The molecule has 2 atom stereocenters. The number of hydrogen-bond donors (Lipinski definition) is 0. The Labute approximate surface area is 98.2 Å². The lowest BCUT2D eigenvalue weighted by Crippen LogP contribution is -2.52. The molecule has 94 valence electrons. The lowest BCUT2D eigenvalue weighted by Gasteiger charge is -2.51. The van der Waals surface area contributed by atoms with Crippen LogP contribution in [0.2, 0.25) is 0 Å². The van der Waals surface area contributed by atoms with Gasteiger partial charge >= 0.3 is 0 Å². The van der Waals surface area contributed by atoms with Gasteiger partial charge in [-0.2, -0.15) is 0 Å². The molecular weight excluding hydrogens is 204 g/mol. The fraction of sp³-hybridized carbons (Fsp3) is 0.923. The Morgan fingerprint density at radius 3 is 2.38 bits per heavy atom. The van der Waals surface area contributed by atoms with E-state index in [1.54, 1.807) is 0 Å². The maximum Gasteiger partial charge on any atom is 0.0664 e. The number of hydrogen-bond acceptors (Lipinski definition) is 3. The summed E-state index contributed by atoms with van der Waals surface area (Å²) in [6, 6.07) is 0. The SMILES string of the molecule is CCC1C(CC(=O)[O-])CC(C)(C)OC1(C)C. The van der Waals surface area contributed by atoms with Crippen molar-refractivity contribution in [2.45, 2.75) is 65.1 Å². The summed E-state index contributed by atoms with van der Waals surface area (Å²) in [4.78, 5) is 10.8. The Kier molecular flexibility index (Phi) is 3.68. The van der Waals surface area contributed by atoms with E-state index in [1.165, 1.54) is 0 Å². The maximum absolute atomic E-state index is 10.8. The van der Waals surface area contributed by atoms with Crippen molar-refractivity contribution in [3.8, 4) is 0 Å². The van der Waals surface area contributed by atoms with Gasteiger partial charge in [0.1, 0.15) is 0 Å². The highest BCUT2D eigenvalue weighted by Gasteiger charge is 2.45. The normalized spacial score (nSPS) is 32.3. The monoisotopic (exact) mass is 227 g/mol. The van der Waals surface area contributed by atoms with Crippen LogP contribution in [0.1, 0.15) is 53.9 Å². The molecular formula is C13H23O3-. The van der Waals surface area contributed by atoms with E-state index in [-0.39, 0.29) is 23.5 Å². The zero-order valence-corrected chi connectivity index (χ0v) is 11.0. The van der Waals surface area contributed by atoms with Gasteiger partial charge in [0.2, 0.25) is 0 Å². The molecule has 0 aromatic heterocycles. The zero-order valence-electron chi connectivity index (χ0n) is 11.0. The summed E-state index contributed by atoms with van der Waals surface area (Å²) < 4.78 is 6.06. The highest BCUT2D eigenvalue weighted by Crippen LogP contribution is 2.45. The molecule has 0 aromatic rings. The van der Waals surface area contributed by atoms with Gasteiger partial charge in [-0.1, -0.05) is 13.3 Å². The van der Waals surface area contributed by atoms with Crippen molar-refractivity contribution in [2.24, 2.45) is 11.8 Å². The van der Waals surface area contributed by atoms with Crippen LogP contribution in [0.5, 0.6) is 0 Å². The third-order valence-corrected chi connectivity index (χ3v) is 3.62. The van der Waals surface area contributed by atoms with Crippen molar-refractivity contribution >= 4 is 5.97 Å². The summed E-state index contributed by atoms with van der Waals surface area (Å²) in [6.45, 7) is 10.3. The van der Waals surface area contributed by atoms with Gasteiger partial charge in [-0.15, -0.1) is 0 Å². The van der Waals surface area contributed by atoms with Crippen molar-refractivity contribution in [3.63, 3.8) is 0 Å². The summed E-state index contributed by atoms with van der Waals surface area (Å²) in [5.74, 6) is -0.496. The van der Waals surface area contributed by atoms with Crippen LogP contribution in [0, 0.1) is 11.8 Å². The topological polar surface area (TPSA) is 49.4 Å². The van der Waals surface area contributed by atoms with Crippen LogP contribution in [0.4, 0.5) is 0 Å². The molecule has 1 rings (SSSR count). The van der Waals surface area contributed by atoms with Crippen molar-refractivity contribution in [2.75, 3.05) is 0 Å². The third-order valence-electron chi connectivity index (χ3n) is 3.62. The number of carboxylic acids is 1. The highest BCUT2D eigenvalue weighted by atomic mass is 16.5. The molecule has 0 saturated carbocycles. The smallest absolute Gasteiger partial charge is 0.0664 e. The van der Waals surface area contributed by atoms with Crippen LogP contribution in [-0.4, -0.2) is 17.2 Å². The molecule has 1 aliphatic rings. The third kappa shape index (κ3) is 2.97. The van der Waals surface area contributed by atoms with Crippen LogP contribution in [0.3, 0.4) is 0 Å². The lowest BCUT2D eigenvalue weighted by atomic mass is 9.69. The fourth-order valence-electron chi connectivity index (χ4n) is 3.42. The van der Waals surface area contributed by atoms with Crippen molar-refractivity contribution in [1.29, 1.82) is 0 Å². The predicted molar refractivity (Wildman–Crippen MR) is 60.8 cm³/mol. The van der Waals surface area contributed by atoms with Gasteiger partial charge in [0.05, 0.1) is 11.2 Å². The van der Waals surface area contributed by atoms with E-state index < -0.39 is 5.97 Å². The molecule has 0 bridgehead atoms. The van der Waals surface area contributed by atoms with Gasteiger partial charge in [0.15, 0.2) is 0 Å². The van der Waals surface area contributed by atoms with E-state index >= 15 is 0 Å². The molecule has 1 aliphatic heterocycles. The minimum atomic E-state index is -0.947. The first-order chi connectivity index (χ1) is 7.18. The van der Waals surface area contributed by atoms with E-state index in [0.29, 0.717) is 5.92 Å². The molecule has 3 heteroatoms. The second kappa shape index (κ2) is 4.36. The first-order valence-corrected chi connectivity index (χ1v) is 6.08. The molecule has 1 heterocycles. The average Bonchev–Trinajstić information content (AvgIpc) is 1.97. The zero-order chi connectivity index (χ0) is 12.6. The molecule has 16 heavy (non-hydrogen) atoms. The van der Waals surface area contributed by atoms with Crippen LogP contribution >= 0.6 is 0 Å². The Morgan fingerprint density at radius 2 is 1.94 bits per heavy atom. The quantitative estimate of drug-likeness (QED) is 0.738. The van der Waals surface area contributed by atoms with E-state index in [0.717, 1.165) is 12.8 Å². The Balaban J connectivity index is 2.90. The summed E-state index contributed by atoms with van der Waals surface area (Å²) in [5, 5.41) is 10.8. The van der Waals surface area contributed by atoms with Gasteiger partial charge in [-0.25, -0.2) is 0 Å². The molecule has 0 N–H and O–H groups in total. The minimum absolute atomic E-state index is 0.148. The Hall–Kier alpha value is -0.570. The van der Waals surface area contributed by atoms with E-state index in [4.69, 9.17) is 4.74 Å². The lowest BCUT2D eigenvalue weighted by molar-refractivity contribution is -0.309. The van der Waals surface area contributed by atoms with Crippen molar-refractivity contribution in [3.05, 3.63) is 0 Å². The van der Waals surface area contributed by atoms with Crippen LogP contribution in [-0.2, 0) is 9.53 Å². The van der Waals surface area contributed by atoms with Crippen LogP contribution in [0.25, 0.3) is 0 Å². The van der Waals surface area contributed by atoms with Gasteiger partial charge in [0.25, 0.3) is 0 Å².